The largest absolute Gasteiger partial charge is 0.481 e. The van der Waals surface area contributed by atoms with Gasteiger partial charge < -0.3 is 14.7 Å². The highest BCUT2D eigenvalue weighted by Gasteiger charge is 2.31. The Morgan fingerprint density at radius 1 is 1.47 bits per heavy atom. The lowest BCUT2D eigenvalue weighted by Crippen LogP contribution is -2.44. The summed E-state index contributed by atoms with van der Waals surface area (Å²) in [6.07, 6.45) is 2.37. The van der Waals surface area contributed by atoms with E-state index < -0.39 is 11.4 Å². The van der Waals surface area contributed by atoms with Crippen molar-refractivity contribution in [3.8, 4) is 0 Å². The predicted molar refractivity (Wildman–Crippen MR) is 57.9 cm³/mol. The fourth-order valence-electron chi connectivity index (χ4n) is 1.93. The number of hydrogen-bond acceptors (Lipinski definition) is 3. The first-order valence-corrected chi connectivity index (χ1v) is 5.44. The molecule has 0 aliphatic carbocycles. The van der Waals surface area contributed by atoms with Crippen LogP contribution in [-0.4, -0.2) is 48.8 Å². The molecule has 0 aromatic heterocycles. The summed E-state index contributed by atoms with van der Waals surface area (Å²) in [6.45, 7) is 6.05. The van der Waals surface area contributed by atoms with E-state index in [0.717, 1.165) is 25.9 Å². The first kappa shape index (κ1) is 12.5. The molecule has 0 bridgehead atoms. The Morgan fingerprint density at radius 3 is 2.40 bits per heavy atom. The van der Waals surface area contributed by atoms with Gasteiger partial charge in [0.05, 0.1) is 11.5 Å². The Hall–Kier alpha value is -0.610. The number of piperidine rings is 1. The molecule has 0 spiro atoms. The molecule has 1 heterocycles. The number of ether oxygens (including phenoxy) is 1. The van der Waals surface area contributed by atoms with Gasteiger partial charge in [-0.3, -0.25) is 4.79 Å². The predicted octanol–water partition coefficient (Wildman–Crippen LogP) is 1.21. The number of rotatable bonds is 4. The van der Waals surface area contributed by atoms with Gasteiger partial charge in [0.25, 0.3) is 0 Å². The van der Waals surface area contributed by atoms with Crippen molar-refractivity contribution in [3.05, 3.63) is 0 Å². The van der Waals surface area contributed by atoms with E-state index in [9.17, 15) is 4.79 Å². The standard InChI is InChI=1S/C11H21NO3/c1-11(2,10(13)14)8-12-6-4-9(15-3)5-7-12/h9H,4-8H2,1-3H3,(H,13,14). The Bertz CT molecular complexity index is 220. The van der Waals surface area contributed by atoms with Gasteiger partial charge in [0.15, 0.2) is 0 Å². The zero-order valence-corrected chi connectivity index (χ0v) is 9.82. The molecule has 1 aliphatic rings. The lowest BCUT2D eigenvalue weighted by Gasteiger charge is -2.35. The SMILES string of the molecule is COC1CCN(CC(C)(C)C(=O)O)CC1. The van der Waals surface area contributed by atoms with Crippen LogP contribution in [0.5, 0.6) is 0 Å². The highest BCUT2D eigenvalue weighted by molar-refractivity contribution is 5.73. The van der Waals surface area contributed by atoms with Crippen molar-refractivity contribution in [1.82, 2.24) is 4.90 Å². The van der Waals surface area contributed by atoms with Crippen LogP contribution in [0.15, 0.2) is 0 Å². The molecule has 1 N–H and O–H groups in total. The van der Waals surface area contributed by atoms with Crippen molar-refractivity contribution < 1.29 is 14.6 Å². The fraction of sp³-hybridized carbons (Fsp3) is 0.909. The van der Waals surface area contributed by atoms with Crippen LogP contribution >= 0.6 is 0 Å². The van der Waals surface area contributed by atoms with E-state index in [0.29, 0.717) is 12.6 Å². The van der Waals surface area contributed by atoms with E-state index in [1.165, 1.54) is 0 Å². The van der Waals surface area contributed by atoms with Crippen molar-refractivity contribution in [2.75, 3.05) is 26.7 Å². The molecular weight excluding hydrogens is 194 g/mol. The minimum Gasteiger partial charge on any atom is -0.481 e. The molecule has 4 heteroatoms. The van der Waals surface area contributed by atoms with Gasteiger partial charge in [-0.1, -0.05) is 0 Å². The van der Waals surface area contributed by atoms with Crippen LogP contribution in [0.3, 0.4) is 0 Å². The second kappa shape index (κ2) is 4.94. The summed E-state index contributed by atoms with van der Waals surface area (Å²) < 4.78 is 5.27. The highest BCUT2D eigenvalue weighted by Crippen LogP contribution is 2.21. The summed E-state index contributed by atoms with van der Waals surface area (Å²) in [4.78, 5) is 13.2. The lowest BCUT2D eigenvalue weighted by molar-refractivity contribution is -0.148. The minimum atomic E-state index is -0.726. The van der Waals surface area contributed by atoms with E-state index in [-0.39, 0.29) is 0 Å². The van der Waals surface area contributed by atoms with E-state index >= 15 is 0 Å². The van der Waals surface area contributed by atoms with Gasteiger partial charge in [-0.25, -0.2) is 0 Å². The molecule has 0 amide bonds. The van der Waals surface area contributed by atoms with Crippen LogP contribution in [0.1, 0.15) is 26.7 Å². The van der Waals surface area contributed by atoms with Crippen molar-refractivity contribution >= 4 is 5.97 Å². The monoisotopic (exact) mass is 215 g/mol. The average Bonchev–Trinajstić information content (AvgIpc) is 2.18. The number of nitrogens with zero attached hydrogens (tertiary/aromatic N) is 1. The van der Waals surface area contributed by atoms with Gasteiger partial charge in [0.2, 0.25) is 0 Å². The maximum atomic E-state index is 11.0. The summed E-state index contributed by atoms with van der Waals surface area (Å²) in [5, 5.41) is 9.02. The highest BCUT2D eigenvalue weighted by atomic mass is 16.5. The van der Waals surface area contributed by atoms with Crippen LogP contribution in [-0.2, 0) is 9.53 Å². The normalized spacial score (nSPS) is 20.5. The van der Waals surface area contributed by atoms with E-state index in [1.807, 2.05) is 0 Å². The van der Waals surface area contributed by atoms with E-state index in [4.69, 9.17) is 9.84 Å². The number of carboxylic acids is 1. The molecule has 4 nitrogen and oxygen atoms in total. The van der Waals surface area contributed by atoms with Crippen molar-refractivity contribution in [3.63, 3.8) is 0 Å². The first-order chi connectivity index (χ1) is 6.95. The summed E-state index contributed by atoms with van der Waals surface area (Å²) >= 11 is 0. The number of likely N-dealkylation sites (tertiary alicyclic amines) is 1. The number of aliphatic carboxylic acids is 1. The van der Waals surface area contributed by atoms with Crippen LogP contribution in [0.25, 0.3) is 0 Å². The second-order valence-corrected chi connectivity index (χ2v) is 4.90. The van der Waals surface area contributed by atoms with Gasteiger partial charge in [-0.2, -0.15) is 0 Å². The van der Waals surface area contributed by atoms with E-state index in [2.05, 4.69) is 4.90 Å². The molecule has 1 fully saturated rings. The molecule has 0 radical (unpaired) electrons. The molecule has 15 heavy (non-hydrogen) atoms. The van der Waals surface area contributed by atoms with Crippen LogP contribution < -0.4 is 0 Å². The first-order valence-electron chi connectivity index (χ1n) is 5.44. The third-order valence-electron chi connectivity index (χ3n) is 3.07. The van der Waals surface area contributed by atoms with Gasteiger partial charge in [0.1, 0.15) is 0 Å². The number of hydrogen-bond donors (Lipinski definition) is 1. The Balaban J connectivity index is 2.38. The molecule has 0 atom stereocenters. The number of carbonyl (C=O) groups is 1. The van der Waals surface area contributed by atoms with E-state index in [1.54, 1.807) is 21.0 Å². The molecule has 88 valence electrons. The quantitative estimate of drug-likeness (QED) is 0.765. The van der Waals surface area contributed by atoms with Gasteiger partial charge in [-0.15, -0.1) is 0 Å². The smallest absolute Gasteiger partial charge is 0.310 e. The Kier molecular flexibility index (Phi) is 4.11. The topological polar surface area (TPSA) is 49.8 Å². The third-order valence-corrected chi connectivity index (χ3v) is 3.07. The van der Waals surface area contributed by atoms with Crippen LogP contribution in [0.2, 0.25) is 0 Å². The molecule has 0 unspecified atom stereocenters. The second-order valence-electron chi connectivity index (χ2n) is 4.90. The molecule has 0 aromatic rings. The average molecular weight is 215 g/mol. The maximum absolute atomic E-state index is 11.0. The zero-order valence-electron chi connectivity index (χ0n) is 9.82. The zero-order chi connectivity index (χ0) is 11.5. The van der Waals surface area contributed by atoms with Gasteiger partial charge >= 0.3 is 5.97 Å². The fourth-order valence-corrected chi connectivity index (χ4v) is 1.93. The lowest BCUT2D eigenvalue weighted by atomic mass is 9.92. The van der Waals surface area contributed by atoms with Gasteiger partial charge in [0, 0.05) is 26.7 Å². The van der Waals surface area contributed by atoms with Crippen LogP contribution in [0, 0.1) is 5.41 Å². The number of methoxy groups -OCH3 is 1. The van der Waals surface area contributed by atoms with Crippen LogP contribution in [0.4, 0.5) is 0 Å². The number of carboxylic acid groups (broad SMARTS) is 1. The molecule has 1 saturated heterocycles. The Morgan fingerprint density at radius 2 is 2.00 bits per heavy atom. The Labute approximate surface area is 91.2 Å². The summed E-state index contributed by atoms with van der Waals surface area (Å²) in [7, 11) is 1.74. The summed E-state index contributed by atoms with van der Waals surface area (Å²) in [5.74, 6) is -0.726. The summed E-state index contributed by atoms with van der Waals surface area (Å²) in [5.41, 5.74) is -0.653. The molecule has 0 aromatic carbocycles. The van der Waals surface area contributed by atoms with Gasteiger partial charge in [-0.05, 0) is 26.7 Å². The third kappa shape index (κ3) is 3.47. The van der Waals surface area contributed by atoms with Crippen molar-refractivity contribution in [1.29, 1.82) is 0 Å². The summed E-state index contributed by atoms with van der Waals surface area (Å²) in [6, 6.07) is 0. The molecular formula is C11H21NO3. The molecule has 1 aliphatic heterocycles. The minimum absolute atomic E-state index is 0.356. The van der Waals surface area contributed by atoms with Crippen molar-refractivity contribution in [2.24, 2.45) is 5.41 Å². The maximum Gasteiger partial charge on any atom is 0.310 e. The molecule has 1 rings (SSSR count). The van der Waals surface area contributed by atoms with Crippen molar-refractivity contribution in [2.45, 2.75) is 32.8 Å². The molecule has 0 saturated carbocycles.